The lowest BCUT2D eigenvalue weighted by atomic mass is 10.1. The van der Waals surface area contributed by atoms with Crippen molar-refractivity contribution in [3.05, 3.63) is 106 Å². The minimum atomic E-state index is -0.614. The van der Waals surface area contributed by atoms with Crippen molar-refractivity contribution in [2.45, 2.75) is 20.5 Å². The highest BCUT2D eigenvalue weighted by atomic mass is 35.5. The predicted molar refractivity (Wildman–Crippen MR) is 156 cm³/mol. The fourth-order valence-electron chi connectivity index (χ4n) is 4.06. The van der Waals surface area contributed by atoms with E-state index in [1.807, 2.05) is 55.5 Å². The number of anilines is 1. The SMILES string of the molecule is CCOC(=O)c1ccc(NC(=O)/C(C#N)=C/c2cc(Cl)c(OCc3cccc4ccccc34)c(OCC)c2)cc1. The molecule has 4 aromatic carbocycles. The summed E-state index contributed by atoms with van der Waals surface area (Å²) in [6.45, 7) is 4.46. The van der Waals surface area contributed by atoms with Crippen molar-refractivity contribution in [2.24, 2.45) is 0 Å². The summed E-state index contributed by atoms with van der Waals surface area (Å²) in [5.41, 5.74) is 2.13. The highest BCUT2D eigenvalue weighted by molar-refractivity contribution is 6.32. The molecule has 1 N–H and O–H groups in total. The summed E-state index contributed by atoms with van der Waals surface area (Å²) < 4.78 is 16.9. The number of nitrogens with one attached hydrogen (secondary N) is 1. The molecule has 0 unspecified atom stereocenters. The van der Waals surface area contributed by atoms with E-state index < -0.39 is 11.9 Å². The average molecular weight is 555 g/mol. The van der Waals surface area contributed by atoms with Crippen LogP contribution >= 0.6 is 11.6 Å². The molecule has 4 rings (SSSR count). The van der Waals surface area contributed by atoms with Gasteiger partial charge in [-0.3, -0.25) is 4.79 Å². The Morgan fingerprint density at radius 2 is 1.70 bits per heavy atom. The molecular weight excluding hydrogens is 528 g/mol. The third-order valence-electron chi connectivity index (χ3n) is 5.91. The van der Waals surface area contributed by atoms with Crippen molar-refractivity contribution < 1.29 is 23.8 Å². The van der Waals surface area contributed by atoms with Crippen LogP contribution in [0.2, 0.25) is 5.02 Å². The molecule has 0 atom stereocenters. The number of ether oxygens (including phenoxy) is 3. The lowest BCUT2D eigenvalue weighted by molar-refractivity contribution is -0.112. The smallest absolute Gasteiger partial charge is 0.338 e. The van der Waals surface area contributed by atoms with Gasteiger partial charge in [-0.1, -0.05) is 54.1 Å². The topological polar surface area (TPSA) is 97.7 Å². The minimum Gasteiger partial charge on any atom is -0.490 e. The maximum absolute atomic E-state index is 12.8. The van der Waals surface area contributed by atoms with Crippen LogP contribution in [0.5, 0.6) is 11.5 Å². The fraction of sp³-hybridized carbons (Fsp3) is 0.156. The highest BCUT2D eigenvalue weighted by Gasteiger charge is 2.16. The number of esters is 1. The Morgan fingerprint density at radius 3 is 2.42 bits per heavy atom. The monoisotopic (exact) mass is 554 g/mol. The second-order valence-corrected chi connectivity index (χ2v) is 9.02. The van der Waals surface area contributed by atoms with Gasteiger partial charge < -0.3 is 19.5 Å². The Balaban J connectivity index is 1.53. The maximum Gasteiger partial charge on any atom is 0.338 e. The largest absolute Gasteiger partial charge is 0.490 e. The first-order chi connectivity index (χ1) is 19.4. The van der Waals surface area contributed by atoms with Gasteiger partial charge in [0.1, 0.15) is 18.2 Å². The molecule has 7 nitrogen and oxygen atoms in total. The summed E-state index contributed by atoms with van der Waals surface area (Å²) in [6.07, 6.45) is 1.42. The van der Waals surface area contributed by atoms with E-state index in [-0.39, 0.29) is 23.8 Å². The van der Waals surface area contributed by atoms with Crippen LogP contribution in [-0.2, 0) is 16.1 Å². The van der Waals surface area contributed by atoms with Crippen molar-refractivity contribution in [1.82, 2.24) is 0 Å². The lowest BCUT2D eigenvalue weighted by Gasteiger charge is -2.15. The molecule has 8 heteroatoms. The molecule has 0 radical (unpaired) electrons. The van der Waals surface area contributed by atoms with Crippen LogP contribution in [0.3, 0.4) is 0 Å². The van der Waals surface area contributed by atoms with Gasteiger partial charge in [-0.2, -0.15) is 5.26 Å². The summed E-state index contributed by atoms with van der Waals surface area (Å²) in [5.74, 6) is -0.298. The van der Waals surface area contributed by atoms with E-state index in [0.29, 0.717) is 34.9 Å². The molecule has 0 heterocycles. The quantitative estimate of drug-likeness (QED) is 0.126. The Morgan fingerprint density at radius 1 is 0.950 bits per heavy atom. The van der Waals surface area contributed by atoms with Gasteiger partial charge in [-0.05, 0) is 78.2 Å². The van der Waals surface area contributed by atoms with E-state index in [9.17, 15) is 14.9 Å². The van der Waals surface area contributed by atoms with Crippen LogP contribution in [0, 0.1) is 11.3 Å². The zero-order valence-corrected chi connectivity index (χ0v) is 22.8. The molecule has 0 aliphatic heterocycles. The van der Waals surface area contributed by atoms with Crippen LogP contribution in [0.1, 0.15) is 35.3 Å². The van der Waals surface area contributed by atoms with Crippen molar-refractivity contribution in [3.63, 3.8) is 0 Å². The molecule has 4 aromatic rings. The van der Waals surface area contributed by atoms with E-state index in [2.05, 4.69) is 5.32 Å². The van der Waals surface area contributed by atoms with Gasteiger partial charge in [0.2, 0.25) is 0 Å². The zero-order valence-electron chi connectivity index (χ0n) is 22.1. The van der Waals surface area contributed by atoms with E-state index in [1.165, 1.54) is 18.2 Å². The molecule has 0 bridgehead atoms. The number of halogens is 1. The molecule has 0 saturated carbocycles. The number of hydrogen-bond donors (Lipinski definition) is 1. The number of nitriles is 1. The summed E-state index contributed by atoms with van der Waals surface area (Å²) in [5, 5.41) is 14.8. The Hall–Kier alpha value is -4.80. The molecule has 0 saturated heterocycles. The first kappa shape index (κ1) is 28.2. The summed E-state index contributed by atoms with van der Waals surface area (Å²) in [4.78, 5) is 24.7. The third-order valence-corrected chi connectivity index (χ3v) is 6.19. The lowest BCUT2D eigenvalue weighted by Crippen LogP contribution is -2.13. The van der Waals surface area contributed by atoms with Crippen LogP contribution < -0.4 is 14.8 Å². The first-order valence-corrected chi connectivity index (χ1v) is 13.1. The van der Waals surface area contributed by atoms with Crippen LogP contribution in [-0.4, -0.2) is 25.1 Å². The number of carbonyl (C=O) groups is 2. The molecule has 1 amide bonds. The van der Waals surface area contributed by atoms with Gasteiger partial charge in [-0.25, -0.2) is 4.79 Å². The van der Waals surface area contributed by atoms with Crippen molar-refractivity contribution in [3.8, 4) is 17.6 Å². The Labute approximate surface area is 237 Å². The van der Waals surface area contributed by atoms with E-state index in [1.54, 1.807) is 31.2 Å². The molecule has 0 aliphatic rings. The molecule has 0 aromatic heterocycles. The van der Waals surface area contributed by atoms with Crippen molar-refractivity contribution >= 4 is 46.0 Å². The van der Waals surface area contributed by atoms with Gasteiger partial charge in [0.05, 0.1) is 23.8 Å². The number of fused-ring (bicyclic) bond motifs is 1. The van der Waals surface area contributed by atoms with Crippen LogP contribution in [0.15, 0.2) is 84.4 Å². The van der Waals surface area contributed by atoms with Gasteiger partial charge in [0.15, 0.2) is 11.5 Å². The standard InChI is InChI=1S/C32H27ClN2O5/c1-3-38-29-18-21(16-25(19-34)31(36)35-26-14-12-23(13-15-26)32(37)39-4-2)17-28(33)30(29)40-20-24-10-7-9-22-8-5-6-11-27(22)24/h5-18H,3-4,20H2,1-2H3,(H,35,36)/b25-16+. The van der Waals surface area contributed by atoms with Gasteiger partial charge in [-0.15, -0.1) is 0 Å². The zero-order chi connectivity index (χ0) is 28.5. The second kappa shape index (κ2) is 13.3. The molecular formula is C32H27ClN2O5. The number of carbonyl (C=O) groups excluding carboxylic acids is 2. The molecule has 0 aliphatic carbocycles. The maximum atomic E-state index is 12.8. The third kappa shape index (κ3) is 6.79. The number of rotatable bonds is 10. The number of nitrogens with zero attached hydrogens (tertiary/aromatic N) is 1. The van der Waals surface area contributed by atoms with Gasteiger partial charge >= 0.3 is 5.97 Å². The summed E-state index contributed by atoms with van der Waals surface area (Å²) >= 11 is 6.60. The normalized spacial score (nSPS) is 11.0. The summed E-state index contributed by atoms with van der Waals surface area (Å²) in [7, 11) is 0. The van der Waals surface area contributed by atoms with Crippen molar-refractivity contribution in [1.29, 1.82) is 5.26 Å². The van der Waals surface area contributed by atoms with E-state index in [4.69, 9.17) is 25.8 Å². The number of hydrogen-bond acceptors (Lipinski definition) is 6. The van der Waals surface area contributed by atoms with Gasteiger partial charge in [0, 0.05) is 5.69 Å². The molecule has 0 spiro atoms. The molecule has 202 valence electrons. The Kier molecular flexibility index (Phi) is 9.39. The fourth-order valence-corrected chi connectivity index (χ4v) is 4.33. The molecule has 0 fully saturated rings. The van der Waals surface area contributed by atoms with Crippen molar-refractivity contribution in [2.75, 3.05) is 18.5 Å². The van der Waals surface area contributed by atoms with Gasteiger partial charge in [0.25, 0.3) is 5.91 Å². The molecule has 40 heavy (non-hydrogen) atoms. The van der Waals surface area contributed by atoms with Crippen LogP contribution in [0.4, 0.5) is 5.69 Å². The second-order valence-electron chi connectivity index (χ2n) is 8.61. The number of benzene rings is 4. The Bertz CT molecular complexity index is 1600. The summed E-state index contributed by atoms with van der Waals surface area (Å²) in [6, 6.07) is 25.5. The van der Waals surface area contributed by atoms with E-state index in [0.717, 1.165) is 16.3 Å². The first-order valence-electron chi connectivity index (χ1n) is 12.7. The minimum absolute atomic E-state index is 0.141. The average Bonchev–Trinajstić information content (AvgIpc) is 2.96. The van der Waals surface area contributed by atoms with Crippen LogP contribution in [0.25, 0.3) is 16.8 Å². The predicted octanol–water partition coefficient (Wildman–Crippen LogP) is 7.19. The van der Waals surface area contributed by atoms with E-state index >= 15 is 0 Å². The highest BCUT2D eigenvalue weighted by Crippen LogP contribution is 2.38. The number of amides is 1.